The summed E-state index contributed by atoms with van der Waals surface area (Å²) in [6.45, 7) is 7.62. The molecule has 142 valence electrons. The molecule has 10 nitrogen and oxygen atoms in total. The highest BCUT2D eigenvalue weighted by Gasteiger charge is 2.23. The van der Waals surface area contributed by atoms with E-state index in [4.69, 9.17) is 9.47 Å². The van der Waals surface area contributed by atoms with Crippen molar-refractivity contribution in [3.63, 3.8) is 0 Å². The minimum Gasteiger partial charge on any atom is -0.463 e. The number of esters is 1. The van der Waals surface area contributed by atoms with E-state index in [1.54, 1.807) is 14.0 Å². The molecule has 0 spiro atoms. The maximum atomic E-state index is 12.8. The molecule has 2 aromatic rings. The van der Waals surface area contributed by atoms with Gasteiger partial charge in [0.05, 0.1) is 6.61 Å². The second-order valence-corrected chi connectivity index (χ2v) is 5.92. The monoisotopic (exact) mass is 364 g/mol. The summed E-state index contributed by atoms with van der Waals surface area (Å²) in [5.41, 5.74) is 0.499. The summed E-state index contributed by atoms with van der Waals surface area (Å²) in [6.07, 6.45) is 0. The van der Waals surface area contributed by atoms with Gasteiger partial charge < -0.3 is 24.3 Å². The minimum absolute atomic E-state index is 0.0446. The van der Waals surface area contributed by atoms with Gasteiger partial charge >= 0.3 is 12.0 Å². The molecule has 0 aromatic carbocycles. The molecule has 2 aromatic heterocycles. The molecule has 0 atom stereocenters. The van der Waals surface area contributed by atoms with Crippen molar-refractivity contribution in [2.24, 2.45) is 7.05 Å². The van der Waals surface area contributed by atoms with Crippen molar-refractivity contribution in [3.8, 4) is 6.01 Å². The number of nitrogens with one attached hydrogen (secondary N) is 1. The van der Waals surface area contributed by atoms with Crippen LogP contribution in [0, 0.1) is 0 Å². The molecule has 0 aliphatic carbocycles. The Labute approximate surface area is 150 Å². The Morgan fingerprint density at radius 2 is 1.96 bits per heavy atom. The third-order valence-corrected chi connectivity index (χ3v) is 4.27. The van der Waals surface area contributed by atoms with E-state index in [0.717, 1.165) is 32.1 Å². The number of aromatic nitrogens is 4. The quantitative estimate of drug-likeness (QED) is 0.685. The molecule has 3 rings (SSSR count). The highest BCUT2D eigenvalue weighted by Crippen LogP contribution is 2.21. The Morgan fingerprint density at radius 3 is 2.62 bits per heavy atom. The smallest absolute Gasteiger partial charge is 0.344 e. The second-order valence-electron chi connectivity index (χ2n) is 5.92. The van der Waals surface area contributed by atoms with Gasteiger partial charge in [-0.2, -0.15) is 9.97 Å². The van der Waals surface area contributed by atoms with E-state index in [9.17, 15) is 9.59 Å². The lowest BCUT2D eigenvalue weighted by molar-refractivity contribution is -0.145. The molecule has 0 saturated carbocycles. The van der Waals surface area contributed by atoms with Crippen LogP contribution in [0.15, 0.2) is 4.79 Å². The van der Waals surface area contributed by atoms with Crippen molar-refractivity contribution in [3.05, 3.63) is 10.4 Å². The molecule has 0 amide bonds. The fourth-order valence-corrected chi connectivity index (χ4v) is 2.99. The van der Waals surface area contributed by atoms with Crippen molar-refractivity contribution < 1.29 is 14.3 Å². The van der Waals surface area contributed by atoms with Gasteiger partial charge in [-0.25, -0.2) is 4.79 Å². The van der Waals surface area contributed by atoms with Crippen molar-refractivity contribution in [1.29, 1.82) is 0 Å². The SMILES string of the molecule is CCOC(=O)COc1nc2nc(N3CCNCC3)n(CC)c2c(=O)n1C. The molecule has 1 fully saturated rings. The molecular formula is C16H24N6O4. The number of ether oxygens (including phenoxy) is 2. The molecule has 1 aliphatic heterocycles. The van der Waals surface area contributed by atoms with Gasteiger partial charge in [0.1, 0.15) is 0 Å². The number of hydrogen-bond acceptors (Lipinski definition) is 8. The van der Waals surface area contributed by atoms with E-state index in [1.165, 1.54) is 4.57 Å². The average molecular weight is 364 g/mol. The van der Waals surface area contributed by atoms with Gasteiger partial charge in [-0.15, -0.1) is 0 Å². The summed E-state index contributed by atoms with van der Waals surface area (Å²) in [6, 6.07) is 0.0446. The van der Waals surface area contributed by atoms with Crippen LogP contribution in [0.1, 0.15) is 13.8 Å². The lowest BCUT2D eigenvalue weighted by Gasteiger charge is -2.28. The highest BCUT2D eigenvalue weighted by molar-refractivity contribution is 5.75. The Balaban J connectivity index is 1.99. The summed E-state index contributed by atoms with van der Waals surface area (Å²) in [5, 5.41) is 3.30. The normalized spacial score (nSPS) is 14.7. The predicted octanol–water partition coefficient (Wildman–Crippen LogP) is -0.499. The fraction of sp³-hybridized carbons (Fsp3) is 0.625. The van der Waals surface area contributed by atoms with Crippen molar-refractivity contribution in [1.82, 2.24) is 24.4 Å². The van der Waals surface area contributed by atoms with Gasteiger partial charge in [0.25, 0.3) is 5.56 Å². The van der Waals surface area contributed by atoms with Crippen LogP contribution in [-0.4, -0.2) is 64.5 Å². The molecule has 10 heteroatoms. The molecule has 26 heavy (non-hydrogen) atoms. The molecule has 0 bridgehead atoms. The van der Waals surface area contributed by atoms with Crippen LogP contribution in [-0.2, 0) is 23.1 Å². The molecule has 0 radical (unpaired) electrons. The third-order valence-electron chi connectivity index (χ3n) is 4.27. The topological polar surface area (TPSA) is 104 Å². The second kappa shape index (κ2) is 7.73. The van der Waals surface area contributed by atoms with E-state index in [-0.39, 0.29) is 24.8 Å². The molecule has 3 heterocycles. The number of hydrogen-bond donors (Lipinski definition) is 1. The largest absolute Gasteiger partial charge is 0.463 e. The summed E-state index contributed by atoms with van der Waals surface area (Å²) in [5.74, 6) is 0.221. The number of carbonyl (C=O) groups is 1. The molecule has 1 N–H and O–H groups in total. The van der Waals surface area contributed by atoms with Crippen LogP contribution in [0.4, 0.5) is 5.95 Å². The molecule has 0 unspecified atom stereocenters. The van der Waals surface area contributed by atoms with E-state index in [0.29, 0.717) is 17.7 Å². The maximum Gasteiger partial charge on any atom is 0.344 e. The Morgan fingerprint density at radius 1 is 1.23 bits per heavy atom. The Hall–Kier alpha value is -2.62. The van der Waals surface area contributed by atoms with Gasteiger partial charge in [-0.05, 0) is 13.8 Å². The first-order valence-electron chi connectivity index (χ1n) is 8.78. The van der Waals surface area contributed by atoms with E-state index >= 15 is 0 Å². The lowest BCUT2D eigenvalue weighted by atomic mass is 10.4. The Kier molecular flexibility index (Phi) is 5.40. The number of piperazine rings is 1. The van der Waals surface area contributed by atoms with Crippen LogP contribution >= 0.6 is 0 Å². The molecule has 1 aliphatic rings. The standard InChI is InChI=1S/C16H24N6O4/c1-4-22-12-13(18-15(22)21-8-6-17-7-9-21)19-16(20(3)14(12)24)26-10-11(23)25-5-2/h17H,4-10H2,1-3H3. The number of fused-ring (bicyclic) bond motifs is 1. The molecule has 1 saturated heterocycles. The zero-order valence-electron chi connectivity index (χ0n) is 15.3. The van der Waals surface area contributed by atoms with Crippen molar-refractivity contribution in [2.75, 3.05) is 44.3 Å². The van der Waals surface area contributed by atoms with Crippen LogP contribution in [0.2, 0.25) is 0 Å². The first-order chi connectivity index (χ1) is 12.6. The zero-order valence-corrected chi connectivity index (χ0v) is 15.3. The first-order valence-corrected chi connectivity index (χ1v) is 8.78. The van der Waals surface area contributed by atoms with Crippen LogP contribution in [0.25, 0.3) is 11.2 Å². The number of carbonyl (C=O) groups excluding carboxylic acids is 1. The van der Waals surface area contributed by atoms with Gasteiger partial charge in [0, 0.05) is 39.8 Å². The lowest BCUT2D eigenvalue weighted by Crippen LogP contribution is -2.44. The van der Waals surface area contributed by atoms with Crippen LogP contribution < -0.4 is 20.5 Å². The maximum absolute atomic E-state index is 12.8. The number of aryl methyl sites for hydroxylation is 1. The van der Waals surface area contributed by atoms with E-state index < -0.39 is 5.97 Å². The summed E-state index contributed by atoms with van der Waals surface area (Å²) in [4.78, 5) is 35.4. The zero-order chi connectivity index (χ0) is 18.7. The van der Waals surface area contributed by atoms with Gasteiger partial charge in [-0.1, -0.05) is 0 Å². The van der Waals surface area contributed by atoms with Crippen molar-refractivity contribution >= 4 is 23.1 Å². The number of nitrogens with zero attached hydrogens (tertiary/aromatic N) is 5. The van der Waals surface area contributed by atoms with Gasteiger partial charge in [0.2, 0.25) is 5.95 Å². The van der Waals surface area contributed by atoms with Crippen molar-refractivity contribution in [2.45, 2.75) is 20.4 Å². The number of anilines is 1. The van der Waals surface area contributed by atoms with Gasteiger partial charge in [0.15, 0.2) is 17.8 Å². The summed E-state index contributed by atoms with van der Waals surface area (Å²) < 4.78 is 13.4. The highest BCUT2D eigenvalue weighted by atomic mass is 16.6. The number of imidazole rings is 1. The third kappa shape index (κ3) is 3.36. The van der Waals surface area contributed by atoms with Crippen LogP contribution in [0.5, 0.6) is 6.01 Å². The summed E-state index contributed by atoms with van der Waals surface area (Å²) >= 11 is 0. The fourth-order valence-electron chi connectivity index (χ4n) is 2.99. The first kappa shape index (κ1) is 18.2. The number of rotatable bonds is 6. The predicted molar refractivity (Wildman–Crippen MR) is 95.7 cm³/mol. The van der Waals surface area contributed by atoms with Crippen LogP contribution in [0.3, 0.4) is 0 Å². The average Bonchev–Trinajstić information content (AvgIpc) is 3.03. The van der Waals surface area contributed by atoms with E-state index in [1.807, 2.05) is 11.5 Å². The van der Waals surface area contributed by atoms with E-state index in [2.05, 4.69) is 20.2 Å². The summed E-state index contributed by atoms with van der Waals surface area (Å²) in [7, 11) is 1.56. The molecular weight excluding hydrogens is 340 g/mol. The minimum atomic E-state index is -0.512. The Bertz CT molecular complexity index is 853. The van der Waals surface area contributed by atoms with Gasteiger partial charge in [-0.3, -0.25) is 9.36 Å².